The van der Waals surface area contributed by atoms with Crippen LogP contribution in [-0.2, 0) is 46.4 Å². The predicted molar refractivity (Wildman–Crippen MR) is 215 cm³/mol. The van der Waals surface area contributed by atoms with Gasteiger partial charge >= 0.3 is 12.1 Å². The summed E-state index contributed by atoms with van der Waals surface area (Å²) in [4.78, 5) is 49.7. The van der Waals surface area contributed by atoms with Gasteiger partial charge in [-0.15, -0.1) is 0 Å². The number of hydrogen-bond acceptors (Lipinski definition) is 19. The van der Waals surface area contributed by atoms with Crippen LogP contribution in [0.3, 0.4) is 0 Å². The Balaban J connectivity index is 1.09. The van der Waals surface area contributed by atoms with Crippen LogP contribution in [0.25, 0.3) is 21.5 Å². The maximum atomic E-state index is 13.2. The van der Waals surface area contributed by atoms with Crippen LogP contribution in [0, 0.1) is 0 Å². The van der Waals surface area contributed by atoms with Crippen molar-refractivity contribution < 1.29 is 99.0 Å². The Bertz CT molecular complexity index is 2500. The number of benzene rings is 4. The molecular weight excluding hydrogens is 852 g/mol. The molecule has 11 unspecified atom stereocenters. The number of rotatable bonds is 11. The molecule has 4 aromatic carbocycles. The van der Waals surface area contributed by atoms with Crippen LogP contribution in [0.5, 0.6) is 28.7 Å². The molecule has 1 aliphatic carbocycles. The quantitative estimate of drug-likeness (QED) is 0.0703. The molecule has 11 atom stereocenters. The van der Waals surface area contributed by atoms with Gasteiger partial charge in [0.1, 0.15) is 72.0 Å². The first kappa shape index (κ1) is 45.9. The second-order valence-electron chi connectivity index (χ2n) is 15.9. The van der Waals surface area contributed by atoms with Crippen molar-refractivity contribution in [3.63, 3.8) is 0 Å². The van der Waals surface area contributed by atoms with Gasteiger partial charge in [-0.2, -0.15) is 0 Å². The van der Waals surface area contributed by atoms with E-state index >= 15 is 0 Å². The average Bonchev–Trinajstić information content (AvgIpc) is 3.25. The van der Waals surface area contributed by atoms with E-state index in [1.165, 1.54) is 44.2 Å². The highest BCUT2D eigenvalue weighted by molar-refractivity contribution is 6.15. The summed E-state index contributed by atoms with van der Waals surface area (Å²) in [6.07, 6.45) is -17.4. The number of Topliss-reactive ketones (excluding diaryl/α,β-unsaturated/α-hetero) is 1. The molecule has 0 bridgehead atoms. The van der Waals surface area contributed by atoms with E-state index in [1.807, 2.05) is 0 Å². The van der Waals surface area contributed by atoms with Crippen molar-refractivity contribution in [1.29, 1.82) is 0 Å². The summed E-state index contributed by atoms with van der Waals surface area (Å²) in [7, 11) is 0. The van der Waals surface area contributed by atoms with Crippen molar-refractivity contribution in [2.45, 2.75) is 107 Å². The molecule has 22 nitrogen and oxygen atoms in total. The molecule has 0 aromatic heterocycles. The summed E-state index contributed by atoms with van der Waals surface area (Å²) >= 11 is 0. The first-order valence-electron chi connectivity index (χ1n) is 19.9. The van der Waals surface area contributed by atoms with Crippen molar-refractivity contribution in [3.8, 4) is 28.7 Å². The molecule has 0 saturated carbocycles. The van der Waals surface area contributed by atoms with Crippen molar-refractivity contribution in [1.82, 2.24) is 5.32 Å². The lowest BCUT2D eigenvalue weighted by atomic mass is 9.74. The van der Waals surface area contributed by atoms with Gasteiger partial charge in [0, 0.05) is 48.1 Å². The zero-order valence-electron chi connectivity index (χ0n) is 33.9. The minimum atomic E-state index is -2.37. The standard InChI is InChI=1S/C42H46N2O20/c1-15-30(48)22(44-41(58)60-14-17-7-8-23(21(9-17)43-16(2)46)63-40-37(55)35(53)36(54)38(64-40)39(56)57)10-26(61-15)62-24-12-42(59,25(47)13-45)11-20-27(24)34(52)29-28(33(20)51)31(49)18-5-3-4-6-19(18)32(29)50/h3-9,15,22,24,26,30,35-38,40,45,48-55,59H,10-14H2,1-2H3,(H,43,46)(H,44,58)(H,56,57). The third-order valence-electron chi connectivity index (χ3n) is 11.6. The van der Waals surface area contributed by atoms with Crippen LogP contribution >= 0.6 is 0 Å². The van der Waals surface area contributed by atoms with Crippen LogP contribution in [0.2, 0.25) is 0 Å². The summed E-state index contributed by atoms with van der Waals surface area (Å²) in [5.41, 5.74) is -2.55. The van der Waals surface area contributed by atoms with Gasteiger partial charge in [0.05, 0.1) is 34.7 Å². The first-order chi connectivity index (χ1) is 30.2. The average molecular weight is 899 g/mol. The van der Waals surface area contributed by atoms with Gasteiger partial charge < -0.3 is 90.5 Å². The van der Waals surface area contributed by atoms with Crippen LogP contribution < -0.4 is 15.4 Å². The number of ketones is 1. The Morgan fingerprint density at radius 3 is 2.14 bits per heavy atom. The molecule has 2 heterocycles. The van der Waals surface area contributed by atoms with Crippen molar-refractivity contribution >= 4 is 51.0 Å². The number of aliphatic hydroxyl groups is 6. The van der Waals surface area contributed by atoms with Crippen LogP contribution in [-0.4, -0.2) is 147 Å². The Hall–Kier alpha value is -6.08. The second kappa shape index (κ2) is 17.8. The van der Waals surface area contributed by atoms with E-state index in [-0.39, 0.29) is 56.1 Å². The van der Waals surface area contributed by atoms with E-state index in [0.29, 0.717) is 0 Å². The summed E-state index contributed by atoms with van der Waals surface area (Å²) in [5, 5.41) is 123. The minimum absolute atomic E-state index is 0.0458. The van der Waals surface area contributed by atoms with Gasteiger partial charge in [-0.3, -0.25) is 9.59 Å². The first-order valence-corrected chi connectivity index (χ1v) is 19.9. The van der Waals surface area contributed by atoms with E-state index in [1.54, 1.807) is 12.1 Å². The van der Waals surface area contributed by atoms with E-state index < -0.39 is 140 Å². The number of aliphatic carboxylic acids is 1. The summed E-state index contributed by atoms with van der Waals surface area (Å²) in [6, 6.07) is 8.92. The Labute approximate surface area is 361 Å². The third kappa shape index (κ3) is 8.49. The fraction of sp³-hybridized carbons (Fsp3) is 0.429. The van der Waals surface area contributed by atoms with Gasteiger partial charge in [0.2, 0.25) is 12.2 Å². The van der Waals surface area contributed by atoms with Crippen LogP contribution in [0.4, 0.5) is 10.5 Å². The molecule has 2 aliphatic heterocycles. The number of carbonyl (C=O) groups is 4. The molecule has 0 spiro atoms. The highest BCUT2D eigenvalue weighted by Crippen LogP contribution is 2.56. The number of phenolic OH excluding ortho intramolecular Hbond substituents is 4. The van der Waals surface area contributed by atoms with Gasteiger partial charge in [0.15, 0.2) is 18.2 Å². The number of alkyl carbamates (subject to hydrolysis) is 1. The lowest BCUT2D eigenvalue weighted by molar-refractivity contribution is -0.271. The molecule has 0 radical (unpaired) electrons. The van der Waals surface area contributed by atoms with Gasteiger partial charge in [0.25, 0.3) is 0 Å². The molecule has 344 valence electrons. The van der Waals surface area contributed by atoms with E-state index in [0.717, 1.165) is 0 Å². The Kier molecular flexibility index (Phi) is 12.8. The van der Waals surface area contributed by atoms with Crippen LogP contribution in [0.15, 0.2) is 42.5 Å². The van der Waals surface area contributed by atoms with Gasteiger partial charge in [-0.25, -0.2) is 9.59 Å². The number of hydrogen-bond donors (Lipinski definition) is 13. The number of fused-ring (bicyclic) bond motifs is 3. The molecule has 64 heavy (non-hydrogen) atoms. The highest BCUT2D eigenvalue weighted by Gasteiger charge is 2.50. The number of nitrogens with one attached hydrogen (secondary N) is 2. The number of aliphatic hydroxyl groups excluding tert-OH is 5. The summed E-state index contributed by atoms with van der Waals surface area (Å²) in [5.74, 6) is -5.79. The van der Waals surface area contributed by atoms with E-state index in [2.05, 4.69) is 10.6 Å². The summed E-state index contributed by atoms with van der Waals surface area (Å²) in [6.45, 7) is 1.08. The molecule has 2 saturated heterocycles. The Morgan fingerprint density at radius 2 is 1.52 bits per heavy atom. The maximum Gasteiger partial charge on any atom is 0.407 e. The lowest BCUT2D eigenvalue weighted by Crippen LogP contribution is -2.61. The number of carboxylic acid groups (broad SMARTS) is 1. The zero-order chi connectivity index (χ0) is 46.5. The van der Waals surface area contributed by atoms with Crippen molar-refractivity contribution in [2.75, 3.05) is 11.9 Å². The van der Waals surface area contributed by atoms with Crippen molar-refractivity contribution in [2.24, 2.45) is 0 Å². The zero-order valence-corrected chi connectivity index (χ0v) is 33.9. The monoisotopic (exact) mass is 898 g/mol. The fourth-order valence-corrected chi connectivity index (χ4v) is 8.33. The number of anilines is 1. The van der Waals surface area contributed by atoms with Gasteiger partial charge in [-0.05, 0) is 24.6 Å². The number of carboxylic acids is 1. The predicted octanol–water partition coefficient (Wildman–Crippen LogP) is 0.132. The minimum Gasteiger partial charge on any atom is -0.507 e. The number of ether oxygens (including phenoxy) is 5. The lowest BCUT2D eigenvalue weighted by Gasteiger charge is -2.42. The molecule has 7 rings (SSSR count). The molecule has 4 aromatic rings. The molecule has 3 aliphatic rings. The highest BCUT2D eigenvalue weighted by atomic mass is 16.7. The topological polar surface area (TPSA) is 361 Å². The summed E-state index contributed by atoms with van der Waals surface area (Å²) < 4.78 is 28.2. The van der Waals surface area contributed by atoms with Crippen LogP contribution in [0.1, 0.15) is 49.5 Å². The molecule has 2 fully saturated rings. The number of amides is 2. The molecule has 13 N–H and O–H groups in total. The molecular formula is C42H46N2O20. The fourth-order valence-electron chi connectivity index (χ4n) is 8.33. The second-order valence-corrected chi connectivity index (χ2v) is 15.9. The smallest absolute Gasteiger partial charge is 0.407 e. The normalized spacial score (nSPS) is 29.1. The maximum absolute atomic E-state index is 13.2. The van der Waals surface area contributed by atoms with Crippen molar-refractivity contribution in [3.05, 3.63) is 59.2 Å². The Morgan fingerprint density at radius 1 is 0.859 bits per heavy atom. The molecule has 22 heteroatoms. The SMILES string of the molecule is CC(=O)Nc1cc(COC(=O)NC2CC(OC3CC(O)(C(=O)CO)Cc4c3c(O)c3c(O)c5ccccc5c(O)c3c4O)OC(C)C2O)ccc1OC1OC(C(=O)O)C(O)C(O)C1O. The number of phenols is 4. The third-order valence-corrected chi connectivity index (χ3v) is 11.6. The largest absolute Gasteiger partial charge is 0.507 e. The number of aromatic hydroxyl groups is 4. The van der Waals surface area contributed by atoms with Gasteiger partial charge in [-0.1, -0.05) is 30.3 Å². The number of carbonyl (C=O) groups excluding carboxylic acids is 3. The van der Waals surface area contributed by atoms with E-state index in [9.17, 15) is 75.3 Å². The molecule has 2 amide bonds. The van der Waals surface area contributed by atoms with E-state index in [4.69, 9.17) is 23.7 Å².